The molecule has 0 aromatic heterocycles. The Kier molecular flexibility index (Phi) is 6.54. The maximum absolute atomic E-state index is 12.7. The molecule has 29 heavy (non-hydrogen) atoms. The molecule has 1 heterocycles. The number of piperazine rings is 1. The van der Waals surface area contributed by atoms with E-state index in [0.717, 1.165) is 0 Å². The lowest BCUT2D eigenvalue weighted by Crippen LogP contribution is -2.46. The van der Waals surface area contributed by atoms with Crippen LogP contribution >= 0.6 is 11.6 Å². The third-order valence-electron chi connectivity index (χ3n) is 4.45. The molecule has 2 aromatic carbocycles. The lowest BCUT2D eigenvalue weighted by atomic mass is 10.2. The summed E-state index contributed by atoms with van der Waals surface area (Å²) in [6.45, 7) is 1.27. The van der Waals surface area contributed by atoms with Crippen LogP contribution in [0.5, 0.6) is 0 Å². The summed E-state index contributed by atoms with van der Waals surface area (Å²) in [6.07, 6.45) is 1.46. The van der Waals surface area contributed by atoms with Gasteiger partial charge in [-0.15, -0.1) is 0 Å². The zero-order chi connectivity index (χ0) is 20.9. The molecule has 0 saturated carbocycles. The number of para-hydroxylation sites is 1. The Hall–Kier alpha value is -2.86. The van der Waals surface area contributed by atoms with Gasteiger partial charge in [-0.1, -0.05) is 41.9 Å². The van der Waals surface area contributed by atoms with Crippen LogP contribution in [0.25, 0.3) is 0 Å². The molecule has 9 heteroatoms. The van der Waals surface area contributed by atoms with E-state index in [2.05, 4.69) is 5.32 Å². The van der Waals surface area contributed by atoms with E-state index in [1.165, 1.54) is 10.5 Å². The monoisotopic (exact) mass is 430 g/mol. The molecule has 0 aliphatic carbocycles. The molecule has 0 bridgehead atoms. The Morgan fingerprint density at radius 3 is 2.28 bits per heavy atom. The highest BCUT2D eigenvalue weighted by atomic mass is 35.5. The van der Waals surface area contributed by atoms with E-state index in [9.17, 15) is 18.5 Å². The molecule has 1 N–H and O–H groups in total. The number of anilines is 1. The summed E-state index contributed by atoms with van der Waals surface area (Å²) in [5, 5.41) is 12.3. The third-order valence-corrected chi connectivity index (χ3v) is 6.70. The van der Waals surface area contributed by atoms with Crippen LogP contribution in [0.3, 0.4) is 0 Å². The highest BCUT2D eigenvalue weighted by molar-refractivity contribution is 7.89. The van der Waals surface area contributed by atoms with Gasteiger partial charge in [0.2, 0.25) is 10.0 Å². The topological polar surface area (TPSA) is 93.5 Å². The molecule has 0 unspecified atom stereocenters. The minimum atomic E-state index is -3.55. The molecule has 2 aromatic rings. The maximum atomic E-state index is 12.7. The molecule has 150 valence electrons. The van der Waals surface area contributed by atoms with Gasteiger partial charge in [-0.2, -0.15) is 9.57 Å². The second kappa shape index (κ2) is 9.09. The number of rotatable bonds is 5. The van der Waals surface area contributed by atoms with Crippen LogP contribution in [0.2, 0.25) is 5.02 Å². The predicted octanol–water partition coefficient (Wildman–Crippen LogP) is 2.69. The van der Waals surface area contributed by atoms with Crippen molar-refractivity contribution in [2.24, 2.45) is 0 Å². The number of carbonyl (C=O) groups is 1. The Morgan fingerprint density at radius 1 is 1.03 bits per heavy atom. The van der Waals surface area contributed by atoms with E-state index in [-0.39, 0.29) is 23.6 Å². The first kappa shape index (κ1) is 20.9. The molecule has 1 fully saturated rings. The molecule has 0 radical (unpaired) electrons. The zero-order valence-corrected chi connectivity index (χ0v) is 17.0. The number of nitrogens with zero attached hydrogens (tertiary/aromatic N) is 3. The summed E-state index contributed by atoms with van der Waals surface area (Å²) in [7, 11) is -3.55. The molecular formula is C20H19ClN4O3S. The summed E-state index contributed by atoms with van der Waals surface area (Å²) in [6, 6.07) is 16.9. The van der Waals surface area contributed by atoms with Crippen LogP contribution in [0, 0.1) is 11.3 Å². The summed E-state index contributed by atoms with van der Waals surface area (Å²) in [5.74, 6) is -0.570. The Morgan fingerprint density at radius 2 is 1.66 bits per heavy atom. The van der Waals surface area contributed by atoms with Gasteiger partial charge < -0.3 is 10.2 Å². The fraction of sp³-hybridized carbons (Fsp3) is 0.200. The average Bonchev–Trinajstić information content (AvgIpc) is 2.74. The largest absolute Gasteiger partial charge is 0.373 e. The number of nitriles is 1. The van der Waals surface area contributed by atoms with Gasteiger partial charge in [-0.25, -0.2) is 8.42 Å². The van der Waals surface area contributed by atoms with Gasteiger partial charge in [-0.3, -0.25) is 4.79 Å². The van der Waals surface area contributed by atoms with E-state index in [0.29, 0.717) is 23.8 Å². The van der Waals surface area contributed by atoms with Gasteiger partial charge in [0.25, 0.3) is 5.91 Å². The lowest BCUT2D eigenvalue weighted by molar-refractivity contribution is -0.112. The fourth-order valence-electron chi connectivity index (χ4n) is 2.89. The van der Waals surface area contributed by atoms with Crippen LogP contribution in [0.15, 0.2) is 71.3 Å². The van der Waals surface area contributed by atoms with Crippen molar-refractivity contribution in [3.8, 4) is 6.07 Å². The standard InChI is InChI=1S/C20H19ClN4O3S/c21-18-8-4-5-9-19(18)23-20(26)16(14-22)15-24-10-12-25(13-11-24)29(27,28)17-6-2-1-3-7-17/h1-9,15H,10-13H2,(H,23,26)/b16-15-. The van der Waals surface area contributed by atoms with Crippen LogP contribution < -0.4 is 5.32 Å². The van der Waals surface area contributed by atoms with E-state index in [1.54, 1.807) is 59.5 Å². The van der Waals surface area contributed by atoms with Crippen molar-refractivity contribution in [2.75, 3.05) is 31.5 Å². The zero-order valence-electron chi connectivity index (χ0n) is 15.5. The van der Waals surface area contributed by atoms with E-state index < -0.39 is 15.9 Å². The van der Waals surface area contributed by atoms with Gasteiger partial charge in [-0.05, 0) is 24.3 Å². The van der Waals surface area contributed by atoms with E-state index in [4.69, 9.17) is 11.6 Å². The van der Waals surface area contributed by atoms with E-state index in [1.807, 2.05) is 6.07 Å². The first-order chi connectivity index (χ1) is 13.9. The Labute approximate surface area is 174 Å². The van der Waals surface area contributed by atoms with Gasteiger partial charge in [0.1, 0.15) is 11.6 Å². The minimum absolute atomic E-state index is 0.0794. The summed E-state index contributed by atoms with van der Waals surface area (Å²) in [4.78, 5) is 14.4. The molecular weight excluding hydrogens is 412 g/mol. The number of hydrogen-bond acceptors (Lipinski definition) is 5. The summed E-state index contributed by atoms with van der Waals surface area (Å²) in [5.41, 5.74) is 0.336. The molecule has 0 atom stereocenters. The van der Waals surface area contributed by atoms with Crippen LogP contribution in [0.1, 0.15) is 0 Å². The quantitative estimate of drug-likeness (QED) is 0.581. The van der Waals surface area contributed by atoms with E-state index >= 15 is 0 Å². The van der Waals surface area contributed by atoms with Crippen molar-refractivity contribution in [1.82, 2.24) is 9.21 Å². The maximum Gasteiger partial charge on any atom is 0.267 e. The first-order valence-corrected chi connectivity index (χ1v) is 10.7. The molecule has 1 amide bonds. The minimum Gasteiger partial charge on any atom is -0.373 e. The SMILES string of the molecule is N#C/C(=C/N1CCN(S(=O)(=O)c2ccccc2)CC1)C(=O)Nc1ccccc1Cl. The van der Waals surface area contributed by atoms with Gasteiger partial charge >= 0.3 is 0 Å². The molecule has 1 saturated heterocycles. The number of benzene rings is 2. The van der Waals surface area contributed by atoms with Crippen molar-refractivity contribution in [3.63, 3.8) is 0 Å². The first-order valence-electron chi connectivity index (χ1n) is 8.89. The highest BCUT2D eigenvalue weighted by Crippen LogP contribution is 2.21. The summed E-state index contributed by atoms with van der Waals surface area (Å²) >= 11 is 6.03. The molecule has 7 nitrogen and oxygen atoms in total. The number of hydrogen-bond donors (Lipinski definition) is 1. The van der Waals surface area contributed by atoms with Gasteiger partial charge in [0.15, 0.2) is 0 Å². The number of sulfonamides is 1. The fourth-order valence-corrected chi connectivity index (χ4v) is 4.51. The number of carbonyl (C=O) groups excluding carboxylic acids is 1. The number of halogens is 1. The summed E-state index contributed by atoms with van der Waals surface area (Å²) < 4.78 is 26.8. The molecule has 0 spiro atoms. The Balaban J connectivity index is 1.65. The molecule has 1 aliphatic rings. The number of amides is 1. The van der Waals surface area contributed by atoms with Crippen molar-refractivity contribution in [2.45, 2.75) is 4.90 Å². The van der Waals surface area contributed by atoms with Crippen molar-refractivity contribution in [1.29, 1.82) is 5.26 Å². The van der Waals surface area contributed by atoms with Crippen molar-refractivity contribution in [3.05, 3.63) is 71.4 Å². The van der Waals surface area contributed by atoms with Crippen LogP contribution in [-0.2, 0) is 14.8 Å². The van der Waals surface area contributed by atoms with Crippen molar-refractivity contribution < 1.29 is 13.2 Å². The highest BCUT2D eigenvalue weighted by Gasteiger charge is 2.28. The van der Waals surface area contributed by atoms with Crippen LogP contribution in [-0.4, -0.2) is 49.7 Å². The van der Waals surface area contributed by atoms with Crippen LogP contribution in [0.4, 0.5) is 5.69 Å². The molecule has 3 rings (SSSR count). The second-order valence-corrected chi connectivity index (χ2v) is 8.69. The predicted molar refractivity (Wildman–Crippen MR) is 111 cm³/mol. The smallest absolute Gasteiger partial charge is 0.267 e. The van der Waals surface area contributed by atoms with Gasteiger partial charge in [0.05, 0.1) is 15.6 Å². The normalized spacial score (nSPS) is 15.6. The average molecular weight is 431 g/mol. The molecule has 1 aliphatic heterocycles. The number of nitrogens with one attached hydrogen (secondary N) is 1. The van der Waals surface area contributed by atoms with Crippen molar-refractivity contribution >= 4 is 33.2 Å². The van der Waals surface area contributed by atoms with Gasteiger partial charge in [0, 0.05) is 32.4 Å². The third kappa shape index (κ3) is 4.95. The second-order valence-electron chi connectivity index (χ2n) is 6.34. The lowest BCUT2D eigenvalue weighted by Gasteiger charge is -2.33. The Bertz CT molecular complexity index is 1060.